The lowest BCUT2D eigenvalue weighted by atomic mass is 9.93. The van der Waals surface area contributed by atoms with Gasteiger partial charge in [-0.1, -0.05) is 24.3 Å². The van der Waals surface area contributed by atoms with E-state index >= 15 is 0 Å². The Morgan fingerprint density at radius 1 is 1.32 bits per heavy atom. The minimum Gasteiger partial charge on any atom is -0.369 e. The fraction of sp³-hybridized carbons (Fsp3) is 0.143. The van der Waals surface area contributed by atoms with Crippen LogP contribution in [0.1, 0.15) is 18.4 Å². The number of nitrogens with two attached hydrogens (primary N) is 1. The Balaban J connectivity index is 2.21. The number of rotatable bonds is 3. The highest BCUT2D eigenvalue weighted by atomic mass is 16.1. The molecular formula is C14H14N4O. The van der Waals surface area contributed by atoms with Gasteiger partial charge in [0.25, 0.3) is 0 Å². The number of fused-ring (bicyclic) bond motifs is 1. The average Bonchev–Trinajstić information content (AvgIpc) is 3.00. The van der Waals surface area contributed by atoms with E-state index in [2.05, 4.69) is 15.2 Å². The zero-order valence-corrected chi connectivity index (χ0v) is 10.5. The van der Waals surface area contributed by atoms with Gasteiger partial charge in [-0.3, -0.25) is 9.89 Å². The van der Waals surface area contributed by atoms with Crippen LogP contribution in [0.3, 0.4) is 0 Å². The highest BCUT2D eigenvalue weighted by Crippen LogP contribution is 2.32. The molecule has 3 rings (SSSR count). The molecule has 0 aliphatic rings. The van der Waals surface area contributed by atoms with Gasteiger partial charge < -0.3 is 10.7 Å². The first-order chi connectivity index (χ1) is 9.18. The van der Waals surface area contributed by atoms with Crippen LogP contribution in [-0.2, 0) is 4.79 Å². The summed E-state index contributed by atoms with van der Waals surface area (Å²) in [7, 11) is 0. The van der Waals surface area contributed by atoms with Crippen LogP contribution < -0.4 is 5.73 Å². The van der Waals surface area contributed by atoms with E-state index in [0.717, 1.165) is 27.7 Å². The SMILES string of the molecule is CC(C(N)=O)c1ccccc1-c1n[nH]c2c[nH]cc12. The van der Waals surface area contributed by atoms with Gasteiger partial charge in [0.15, 0.2) is 0 Å². The molecule has 96 valence electrons. The molecule has 5 nitrogen and oxygen atoms in total. The molecule has 0 saturated heterocycles. The molecule has 0 bridgehead atoms. The van der Waals surface area contributed by atoms with E-state index in [9.17, 15) is 4.79 Å². The smallest absolute Gasteiger partial charge is 0.224 e. The monoisotopic (exact) mass is 254 g/mol. The summed E-state index contributed by atoms with van der Waals surface area (Å²) in [5.74, 6) is -0.685. The number of H-pyrrole nitrogens is 2. The standard InChI is InChI=1S/C14H14N4O/c1-8(14(15)19)9-4-2-3-5-10(9)13-11-6-16-7-12(11)17-18-13/h2-8,16-17H,1H3,(H2,15,19). The summed E-state index contributed by atoms with van der Waals surface area (Å²) in [6.45, 7) is 1.81. The van der Waals surface area contributed by atoms with E-state index in [1.165, 1.54) is 0 Å². The van der Waals surface area contributed by atoms with E-state index < -0.39 is 0 Å². The number of hydrogen-bond acceptors (Lipinski definition) is 2. The Morgan fingerprint density at radius 3 is 2.89 bits per heavy atom. The Labute approximate surface area is 109 Å². The van der Waals surface area contributed by atoms with Crippen LogP contribution in [0, 0.1) is 0 Å². The van der Waals surface area contributed by atoms with Crippen molar-refractivity contribution in [1.29, 1.82) is 0 Å². The van der Waals surface area contributed by atoms with Gasteiger partial charge in [0.05, 0.1) is 11.4 Å². The first kappa shape index (κ1) is 11.5. The minimum absolute atomic E-state index is 0.340. The lowest BCUT2D eigenvalue weighted by Gasteiger charge is -2.12. The topological polar surface area (TPSA) is 87.6 Å². The highest BCUT2D eigenvalue weighted by Gasteiger charge is 2.19. The Morgan fingerprint density at radius 2 is 2.11 bits per heavy atom. The first-order valence-corrected chi connectivity index (χ1v) is 6.08. The van der Waals surface area contributed by atoms with Crippen LogP contribution in [0.5, 0.6) is 0 Å². The van der Waals surface area contributed by atoms with Gasteiger partial charge in [-0.05, 0) is 12.5 Å². The van der Waals surface area contributed by atoms with Crippen molar-refractivity contribution in [2.75, 3.05) is 0 Å². The second-order valence-corrected chi connectivity index (χ2v) is 4.57. The molecule has 0 aliphatic heterocycles. The fourth-order valence-corrected chi connectivity index (χ4v) is 2.28. The number of carbonyl (C=O) groups excluding carboxylic acids is 1. The summed E-state index contributed by atoms with van der Waals surface area (Å²) in [5.41, 5.74) is 9.01. The third kappa shape index (κ3) is 1.79. The summed E-state index contributed by atoms with van der Waals surface area (Å²) in [6, 6.07) is 7.70. The third-order valence-electron chi connectivity index (χ3n) is 3.40. The number of amides is 1. The molecule has 0 saturated carbocycles. The number of benzene rings is 1. The van der Waals surface area contributed by atoms with Gasteiger partial charge in [0.1, 0.15) is 5.69 Å². The van der Waals surface area contributed by atoms with Crippen molar-refractivity contribution in [2.24, 2.45) is 5.73 Å². The molecule has 4 N–H and O–H groups in total. The Kier molecular flexibility index (Phi) is 2.59. The molecule has 3 aromatic rings. The number of primary amides is 1. The van der Waals surface area contributed by atoms with Gasteiger partial charge in [-0.25, -0.2) is 0 Å². The minimum atomic E-state index is -0.345. The van der Waals surface area contributed by atoms with Crippen LogP contribution in [0.25, 0.3) is 22.2 Å². The molecule has 2 heterocycles. The van der Waals surface area contributed by atoms with Crippen molar-refractivity contribution in [3.05, 3.63) is 42.2 Å². The molecule has 2 aromatic heterocycles. The average molecular weight is 254 g/mol. The lowest BCUT2D eigenvalue weighted by Crippen LogP contribution is -2.19. The lowest BCUT2D eigenvalue weighted by molar-refractivity contribution is -0.119. The van der Waals surface area contributed by atoms with Crippen molar-refractivity contribution >= 4 is 16.8 Å². The maximum Gasteiger partial charge on any atom is 0.224 e. The fourth-order valence-electron chi connectivity index (χ4n) is 2.28. The van der Waals surface area contributed by atoms with Gasteiger partial charge in [0, 0.05) is 23.3 Å². The van der Waals surface area contributed by atoms with E-state index in [-0.39, 0.29) is 11.8 Å². The number of carbonyl (C=O) groups is 1. The zero-order chi connectivity index (χ0) is 13.4. The van der Waals surface area contributed by atoms with E-state index in [4.69, 9.17) is 5.73 Å². The summed E-state index contributed by atoms with van der Waals surface area (Å²) < 4.78 is 0. The maximum absolute atomic E-state index is 11.4. The predicted octanol–water partition coefficient (Wildman–Crippen LogP) is 2.15. The van der Waals surface area contributed by atoms with Crippen molar-refractivity contribution in [1.82, 2.24) is 15.2 Å². The summed E-state index contributed by atoms with van der Waals surface area (Å²) in [4.78, 5) is 14.5. The molecule has 0 aliphatic carbocycles. The van der Waals surface area contributed by atoms with E-state index in [1.54, 1.807) is 0 Å². The molecule has 1 aromatic carbocycles. The van der Waals surface area contributed by atoms with Crippen molar-refractivity contribution in [2.45, 2.75) is 12.8 Å². The largest absolute Gasteiger partial charge is 0.369 e. The number of nitrogens with one attached hydrogen (secondary N) is 2. The normalized spacial score (nSPS) is 12.7. The molecular weight excluding hydrogens is 240 g/mol. The van der Waals surface area contributed by atoms with Crippen molar-refractivity contribution in [3.8, 4) is 11.3 Å². The number of hydrogen-bond donors (Lipinski definition) is 3. The van der Waals surface area contributed by atoms with Crippen LogP contribution in [0.15, 0.2) is 36.7 Å². The molecule has 1 unspecified atom stereocenters. The van der Waals surface area contributed by atoms with Crippen LogP contribution in [-0.4, -0.2) is 21.1 Å². The van der Waals surface area contributed by atoms with Gasteiger partial charge in [-0.2, -0.15) is 5.10 Å². The molecule has 0 fully saturated rings. The first-order valence-electron chi connectivity index (χ1n) is 6.08. The maximum atomic E-state index is 11.4. The molecule has 1 atom stereocenters. The number of aromatic amines is 2. The summed E-state index contributed by atoms with van der Waals surface area (Å²) in [6.07, 6.45) is 3.74. The Hall–Kier alpha value is -2.56. The van der Waals surface area contributed by atoms with Crippen LogP contribution in [0.4, 0.5) is 0 Å². The zero-order valence-electron chi connectivity index (χ0n) is 10.5. The molecule has 0 radical (unpaired) electrons. The molecule has 5 heteroatoms. The van der Waals surface area contributed by atoms with Gasteiger partial charge in [-0.15, -0.1) is 0 Å². The highest BCUT2D eigenvalue weighted by molar-refractivity contribution is 5.95. The second kappa shape index (κ2) is 4.28. The van der Waals surface area contributed by atoms with Crippen LogP contribution in [0.2, 0.25) is 0 Å². The van der Waals surface area contributed by atoms with Gasteiger partial charge in [0.2, 0.25) is 5.91 Å². The summed E-state index contributed by atoms with van der Waals surface area (Å²) >= 11 is 0. The van der Waals surface area contributed by atoms with Crippen LogP contribution >= 0.6 is 0 Å². The summed E-state index contributed by atoms with van der Waals surface area (Å²) in [5, 5.41) is 8.30. The quantitative estimate of drug-likeness (QED) is 0.668. The van der Waals surface area contributed by atoms with E-state index in [0.29, 0.717) is 0 Å². The molecule has 1 amide bonds. The van der Waals surface area contributed by atoms with Crippen molar-refractivity contribution in [3.63, 3.8) is 0 Å². The molecule has 19 heavy (non-hydrogen) atoms. The molecule has 0 spiro atoms. The van der Waals surface area contributed by atoms with E-state index in [1.807, 2.05) is 43.6 Å². The second-order valence-electron chi connectivity index (χ2n) is 4.57. The van der Waals surface area contributed by atoms with Crippen molar-refractivity contribution < 1.29 is 4.79 Å². The number of aromatic nitrogens is 3. The Bertz CT molecular complexity index is 741. The van der Waals surface area contributed by atoms with Gasteiger partial charge >= 0.3 is 0 Å². The third-order valence-corrected chi connectivity index (χ3v) is 3.40. The predicted molar refractivity (Wildman–Crippen MR) is 73.5 cm³/mol. The number of nitrogens with zero attached hydrogens (tertiary/aromatic N) is 1.